The van der Waals surface area contributed by atoms with Crippen LogP contribution in [0, 0.1) is 0 Å². The van der Waals surface area contributed by atoms with Gasteiger partial charge in [-0.25, -0.2) is 0 Å². The summed E-state index contributed by atoms with van der Waals surface area (Å²) in [6.07, 6.45) is 19.2. The van der Waals surface area contributed by atoms with Crippen LogP contribution >= 0.6 is 0 Å². The van der Waals surface area contributed by atoms with Crippen LogP contribution in [0.5, 0.6) is 0 Å². The number of benzene rings is 2. The van der Waals surface area contributed by atoms with Crippen molar-refractivity contribution >= 4 is 22.8 Å². The molecule has 0 aliphatic carbocycles. The summed E-state index contributed by atoms with van der Waals surface area (Å²) >= 11 is 0. The van der Waals surface area contributed by atoms with Gasteiger partial charge >= 0.3 is 0 Å². The number of aliphatic imine (C=N–C) groups is 2. The fourth-order valence-corrected chi connectivity index (χ4v) is 5.06. The van der Waals surface area contributed by atoms with Crippen molar-refractivity contribution in [3.05, 3.63) is 58.7 Å². The molecule has 0 amide bonds. The van der Waals surface area contributed by atoms with Crippen LogP contribution in [0.1, 0.15) is 141 Å². The van der Waals surface area contributed by atoms with Gasteiger partial charge < -0.3 is 0 Å². The molecule has 0 aromatic heterocycles. The van der Waals surface area contributed by atoms with Gasteiger partial charge in [-0.05, 0) is 118 Å². The minimum atomic E-state index is 0. The Morgan fingerprint density at radius 2 is 0.923 bits per heavy atom. The topological polar surface area (TPSA) is 24.7 Å². The predicted octanol–water partition coefficient (Wildman–Crippen LogP) is 11.5. The number of aryl methyl sites for hydroxylation is 4. The van der Waals surface area contributed by atoms with Crippen molar-refractivity contribution in [2.45, 2.75) is 144 Å². The Balaban J connectivity index is 0.00000760. The largest absolute Gasteiger partial charge is 0.252 e. The van der Waals surface area contributed by atoms with Crippen LogP contribution in [-0.2, 0) is 42.2 Å². The molecule has 2 rings (SSSR count). The summed E-state index contributed by atoms with van der Waals surface area (Å²) in [6.45, 7) is 13.5. The number of hydrogen-bond donors (Lipinski definition) is 0. The Morgan fingerprint density at radius 1 is 0.513 bits per heavy atom. The number of hydrogen-bond acceptors (Lipinski definition) is 2. The summed E-state index contributed by atoms with van der Waals surface area (Å²) in [5, 5.41) is 0. The first-order valence-electron chi connectivity index (χ1n) is 15.9. The van der Waals surface area contributed by atoms with Gasteiger partial charge in [-0.2, -0.15) is 0 Å². The summed E-state index contributed by atoms with van der Waals surface area (Å²) < 4.78 is 0. The van der Waals surface area contributed by atoms with Gasteiger partial charge in [0.05, 0.1) is 22.8 Å². The predicted molar refractivity (Wildman–Crippen MR) is 171 cm³/mol. The van der Waals surface area contributed by atoms with Crippen LogP contribution < -0.4 is 0 Å². The third-order valence-electron chi connectivity index (χ3n) is 7.57. The summed E-state index contributed by atoms with van der Waals surface area (Å²) in [4.78, 5) is 10.4. The van der Waals surface area contributed by atoms with Crippen molar-refractivity contribution in [2.24, 2.45) is 9.98 Å². The first kappa shape index (κ1) is 35.3. The van der Waals surface area contributed by atoms with Crippen molar-refractivity contribution in [1.82, 2.24) is 0 Å². The van der Waals surface area contributed by atoms with Crippen LogP contribution in [0.15, 0.2) is 46.4 Å². The van der Waals surface area contributed by atoms with E-state index in [1.54, 1.807) is 0 Å². The molecule has 3 heteroatoms. The van der Waals surface area contributed by atoms with E-state index in [-0.39, 0.29) is 16.5 Å². The van der Waals surface area contributed by atoms with Gasteiger partial charge in [-0.3, -0.25) is 9.98 Å². The van der Waals surface area contributed by atoms with Gasteiger partial charge in [-0.15, -0.1) is 0 Å². The van der Waals surface area contributed by atoms with E-state index >= 15 is 0 Å². The maximum absolute atomic E-state index is 5.23. The third-order valence-corrected chi connectivity index (χ3v) is 7.57. The molecule has 2 aromatic carbocycles. The van der Waals surface area contributed by atoms with E-state index in [9.17, 15) is 0 Å². The molecule has 39 heavy (non-hydrogen) atoms. The Labute approximate surface area is 251 Å². The molecular formula is C36H56N2Ni. The number of unbranched alkanes of at least 4 members (excludes halogenated alkanes) is 6. The molecule has 0 N–H and O–H groups in total. The Bertz CT molecular complexity index is 1010. The van der Waals surface area contributed by atoms with Gasteiger partial charge in [0.25, 0.3) is 0 Å². The van der Waals surface area contributed by atoms with Crippen LogP contribution in [-0.4, -0.2) is 11.4 Å². The van der Waals surface area contributed by atoms with Crippen LogP contribution in [0.2, 0.25) is 0 Å². The molecule has 2 nitrogen and oxygen atoms in total. The summed E-state index contributed by atoms with van der Waals surface area (Å²) in [6, 6.07) is 13.8. The van der Waals surface area contributed by atoms with Gasteiger partial charge in [0.15, 0.2) is 0 Å². The second kappa shape index (κ2) is 21.1. The Hall–Kier alpha value is -1.73. The van der Waals surface area contributed by atoms with E-state index < -0.39 is 0 Å². The molecule has 0 heterocycles. The van der Waals surface area contributed by atoms with E-state index in [1.807, 2.05) is 0 Å². The zero-order valence-corrected chi connectivity index (χ0v) is 27.0. The molecule has 0 atom stereocenters. The fourth-order valence-electron chi connectivity index (χ4n) is 5.06. The third kappa shape index (κ3) is 13.0. The maximum Gasteiger partial charge on any atom is 0.0636 e. The molecule has 0 unspecified atom stereocenters. The van der Waals surface area contributed by atoms with Crippen molar-refractivity contribution in [2.75, 3.05) is 0 Å². The summed E-state index contributed by atoms with van der Waals surface area (Å²) in [5.41, 5.74) is 10.4. The van der Waals surface area contributed by atoms with E-state index in [0.717, 1.165) is 48.5 Å². The molecule has 0 aliphatic rings. The summed E-state index contributed by atoms with van der Waals surface area (Å²) in [5.74, 6) is 0. The second-order valence-electron chi connectivity index (χ2n) is 11.0. The first-order chi connectivity index (χ1) is 18.6. The van der Waals surface area contributed by atoms with Crippen molar-refractivity contribution in [3.63, 3.8) is 0 Å². The standard InChI is InChI=1S/C36H56N2.Ni/c1-7-12-17-22-36(38-35-26-24-31(19-14-9-3)33(28-35)21-16-11-5)29(6)37-34-25-23-30(18-13-8-2)32(27-34)20-15-10-4;/h23-28H,7-22H2,1-6H3;/b37-29+,38-36+;. The number of nitrogens with zero attached hydrogens (tertiary/aromatic N) is 2. The first-order valence-corrected chi connectivity index (χ1v) is 15.9. The van der Waals surface area contributed by atoms with E-state index in [0.29, 0.717) is 0 Å². The normalized spacial score (nSPS) is 12.1. The quantitative estimate of drug-likeness (QED) is 0.0904. The van der Waals surface area contributed by atoms with Crippen LogP contribution in [0.4, 0.5) is 11.4 Å². The molecule has 0 aliphatic heterocycles. The van der Waals surface area contributed by atoms with Crippen molar-refractivity contribution in [1.29, 1.82) is 0 Å². The monoisotopic (exact) mass is 574 g/mol. The van der Waals surface area contributed by atoms with E-state index in [4.69, 9.17) is 9.98 Å². The molecule has 220 valence electrons. The molecule has 0 fully saturated rings. The molecule has 0 saturated carbocycles. The van der Waals surface area contributed by atoms with Crippen LogP contribution in [0.25, 0.3) is 0 Å². The molecule has 2 aromatic rings. The molecule has 0 spiro atoms. The van der Waals surface area contributed by atoms with Crippen molar-refractivity contribution < 1.29 is 16.5 Å². The maximum atomic E-state index is 5.23. The average molecular weight is 576 g/mol. The smallest absolute Gasteiger partial charge is 0.0636 e. The van der Waals surface area contributed by atoms with Crippen LogP contribution in [0.3, 0.4) is 0 Å². The summed E-state index contributed by atoms with van der Waals surface area (Å²) in [7, 11) is 0. The fraction of sp³-hybridized carbons (Fsp3) is 0.611. The minimum absolute atomic E-state index is 0. The Kier molecular flexibility index (Phi) is 19.1. The second-order valence-corrected chi connectivity index (χ2v) is 11.0. The average Bonchev–Trinajstić information content (AvgIpc) is 2.93. The zero-order valence-electron chi connectivity index (χ0n) is 26.0. The molecular weight excluding hydrogens is 519 g/mol. The SMILES string of the molecule is CCCCCC(=N\c1ccc(CCCC)c(CCCC)c1)/C(C)=N/c1ccc(CCCC)c(CCCC)c1.[Ni]. The van der Waals surface area contributed by atoms with Gasteiger partial charge in [-0.1, -0.05) is 85.3 Å². The van der Waals surface area contributed by atoms with Crippen molar-refractivity contribution in [3.8, 4) is 0 Å². The minimum Gasteiger partial charge on any atom is -0.252 e. The Morgan fingerprint density at radius 3 is 1.36 bits per heavy atom. The molecule has 0 saturated heterocycles. The van der Waals surface area contributed by atoms with Gasteiger partial charge in [0, 0.05) is 16.5 Å². The van der Waals surface area contributed by atoms with Gasteiger partial charge in [0.2, 0.25) is 0 Å². The molecule has 0 radical (unpaired) electrons. The van der Waals surface area contributed by atoms with E-state index in [2.05, 4.69) is 77.9 Å². The molecule has 0 bridgehead atoms. The van der Waals surface area contributed by atoms with E-state index in [1.165, 1.54) is 99.3 Å². The van der Waals surface area contributed by atoms with Gasteiger partial charge in [0.1, 0.15) is 0 Å². The number of rotatable bonds is 19. The zero-order chi connectivity index (χ0) is 27.6.